The zero-order valence-corrected chi connectivity index (χ0v) is 19.5. The molecule has 9 nitrogen and oxygen atoms in total. The molecule has 2 amide bonds. The van der Waals surface area contributed by atoms with Crippen LogP contribution < -0.4 is 19.5 Å². The highest BCUT2D eigenvalue weighted by atomic mass is 16.7. The number of likely N-dealkylation sites (tertiary alicyclic amines) is 1. The lowest BCUT2D eigenvalue weighted by Crippen LogP contribution is -2.43. The summed E-state index contributed by atoms with van der Waals surface area (Å²) in [5.74, 6) is 1.45. The second-order valence-electron chi connectivity index (χ2n) is 7.78. The van der Waals surface area contributed by atoms with Crippen LogP contribution in [0, 0.1) is 5.92 Å². The summed E-state index contributed by atoms with van der Waals surface area (Å²) in [5, 5.41) is 2.94. The second kappa shape index (κ2) is 12.5. The minimum atomic E-state index is -0.782. The Morgan fingerprint density at radius 1 is 1.00 bits per heavy atom. The molecule has 0 bridgehead atoms. The van der Waals surface area contributed by atoms with E-state index in [0.29, 0.717) is 42.4 Å². The lowest BCUT2D eigenvalue weighted by molar-refractivity contribution is -0.134. The molecule has 2 aromatic carbocycles. The van der Waals surface area contributed by atoms with E-state index >= 15 is 0 Å². The van der Waals surface area contributed by atoms with Gasteiger partial charge in [-0.05, 0) is 62.1 Å². The van der Waals surface area contributed by atoms with Gasteiger partial charge in [-0.15, -0.1) is 0 Å². The molecule has 0 aromatic heterocycles. The maximum atomic E-state index is 12.5. The third kappa shape index (κ3) is 7.13. The number of piperidine rings is 1. The van der Waals surface area contributed by atoms with Crippen LogP contribution in [0.25, 0.3) is 0 Å². The van der Waals surface area contributed by atoms with Gasteiger partial charge in [0.05, 0.1) is 13.7 Å². The molecule has 0 atom stereocenters. The van der Waals surface area contributed by atoms with E-state index in [1.165, 1.54) is 0 Å². The van der Waals surface area contributed by atoms with Crippen LogP contribution in [-0.2, 0) is 9.53 Å². The highest BCUT2D eigenvalue weighted by Crippen LogP contribution is 2.26. The van der Waals surface area contributed by atoms with Gasteiger partial charge in [-0.25, -0.2) is 4.79 Å². The second-order valence-corrected chi connectivity index (χ2v) is 7.78. The summed E-state index contributed by atoms with van der Waals surface area (Å²) < 4.78 is 20.6. The molecule has 3 rings (SSSR count). The van der Waals surface area contributed by atoms with E-state index in [2.05, 4.69) is 5.32 Å². The largest absolute Gasteiger partial charge is 0.513 e. The number of amides is 2. The number of hydrogen-bond acceptors (Lipinski definition) is 7. The molecule has 0 spiro atoms. The molecule has 0 saturated carbocycles. The predicted octanol–water partition coefficient (Wildman–Crippen LogP) is 3.28. The van der Waals surface area contributed by atoms with Crippen molar-refractivity contribution in [2.45, 2.75) is 19.8 Å². The summed E-state index contributed by atoms with van der Waals surface area (Å²) in [6.45, 7) is 3.64. The SMILES string of the molecule is CCOC(=O)Oc1ccc(C(=O)NCC2CCN(C(=O)COc3ccccc3OC)CC2)cc1. The van der Waals surface area contributed by atoms with E-state index in [-0.39, 0.29) is 30.9 Å². The molecule has 34 heavy (non-hydrogen) atoms. The molecular formula is C25H30N2O7. The van der Waals surface area contributed by atoms with Crippen molar-refractivity contribution in [2.75, 3.05) is 40.0 Å². The highest BCUT2D eigenvalue weighted by molar-refractivity contribution is 5.94. The number of nitrogens with zero attached hydrogens (tertiary/aromatic N) is 1. The summed E-state index contributed by atoms with van der Waals surface area (Å²) in [6, 6.07) is 13.5. The van der Waals surface area contributed by atoms with Gasteiger partial charge in [0, 0.05) is 25.2 Å². The van der Waals surface area contributed by atoms with Crippen molar-refractivity contribution in [3.8, 4) is 17.2 Å². The number of nitrogens with one attached hydrogen (secondary N) is 1. The number of ether oxygens (including phenoxy) is 4. The van der Waals surface area contributed by atoms with Crippen molar-refractivity contribution in [1.82, 2.24) is 10.2 Å². The smallest absolute Gasteiger partial charge is 0.493 e. The Morgan fingerprint density at radius 3 is 2.32 bits per heavy atom. The summed E-state index contributed by atoms with van der Waals surface area (Å²) in [4.78, 5) is 38.1. The van der Waals surface area contributed by atoms with Gasteiger partial charge >= 0.3 is 6.16 Å². The Balaban J connectivity index is 1.38. The fraction of sp³-hybridized carbons (Fsp3) is 0.400. The molecule has 1 N–H and O–H groups in total. The van der Waals surface area contributed by atoms with E-state index in [0.717, 1.165) is 12.8 Å². The lowest BCUT2D eigenvalue weighted by Gasteiger charge is -2.32. The van der Waals surface area contributed by atoms with Crippen LogP contribution in [0.15, 0.2) is 48.5 Å². The van der Waals surface area contributed by atoms with Gasteiger partial charge in [-0.1, -0.05) is 12.1 Å². The van der Waals surface area contributed by atoms with Gasteiger partial charge in [0.15, 0.2) is 18.1 Å². The third-order valence-electron chi connectivity index (χ3n) is 5.52. The Bertz CT molecular complexity index is 969. The molecule has 0 radical (unpaired) electrons. The van der Waals surface area contributed by atoms with Crippen molar-refractivity contribution >= 4 is 18.0 Å². The molecule has 0 aliphatic carbocycles. The summed E-state index contributed by atoms with van der Waals surface area (Å²) in [7, 11) is 1.56. The maximum Gasteiger partial charge on any atom is 0.513 e. The lowest BCUT2D eigenvalue weighted by atomic mass is 9.96. The summed E-state index contributed by atoms with van der Waals surface area (Å²) in [6.07, 6.45) is 0.816. The van der Waals surface area contributed by atoms with Crippen molar-refractivity contribution in [1.29, 1.82) is 0 Å². The number of carbonyl (C=O) groups is 3. The zero-order chi connectivity index (χ0) is 24.3. The van der Waals surface area contributed by atoms with E-state index < -0.39 is 6.16 Å². The first-order valence-electron chi connectivity index (χ1n) is 11.3. The molecule has 1 fully saturated rings. The van der Waals surface area contributed by atoms with Crippen molar-refractivity contribution in [3.63, 3.8) is 0 Å². The Morgan fingerprint density at radius 2 is 1.68 bits per heavy atom. The number of carbonyl (C=O) groups excluding carboxylic acids is 3. The first-order valence-corrected chi connectivity index (χ1v) is 11.3. The number of para-hydroxylation sites is 2. The predicted molar refractivity (Wildman–Crippen MR) is 124 cm³/mol. The average Bonchev–Trinajstić information content (AvgIpc) is 2.87. The number of methoxy groups -OCH3 is 1. The van der Waals surface area contributed by atoms with Crippen LogP contribution in [0.5, 0.6) is 17.2 Å². The molecule has 2 aromatic rings. The van der Waals surface area contributed by atoms with Crippen LogP contribution in [0.4, 0.5) is 4.79 Å². The Labute approximate surface area is 198 Å². The first kappa shape index (κ1) is 24.9. The fourth-order valence-corrected chi connectivity index (χ4v) is 3.61. The molecule has 1 aliphatic rings. The van der Waals surface area contributed by atoms with Gasteiger partial charge in [0.2, 0.25) is 0 Å². The molecule has 182 valence electrons. The van der Waals surface area contributed by atoms with Gasteiger partial charge in [-0.2, -0.15) is 0 Å². The topological polar surface area (TPSA) is 103 Å². The molecular weight excluding hydrogens is 440 g/mol. The van der Waals surface area contributed by atoms with Crippen molar-refractivity contribution in [3.05, 3.63) is 54.1 Å². The first-order chi connectivity index (χ1) is 16.5. The van der Waals surface area contributed by atoms with Gasteiger partial charge < -0.3 is 29.2 Å². The van der Waals surface area contributed by atoms with Gasteiger partial charge in [0.1, 0.15) is 5.75 Å². The number of benzene rings is 2. The van der Waals surface area contributed by atoms with Crippen LogP contribution in [0.2, 0.25) is 0 Å². The fourth-order valence-electron chi connectivity index (χ4n) is 3.61. The average molecular weight is 471 g/mol. The normalized spacial score (nSPS) is 13.6. The Kier molecular flexibility index (Phi) is 9.13. The minimum Gasteiger partial charge on any atom is -0.493 e. The third-order valence-corrected chi connectivity index (χ3v) is 5.52. The van der Waals surface area contributed by atoms with E-state index in [9.17, 15) is 14.4 Å². The van der Waals surface area contributed by atoms with Crippen molar-refractivity contribution < 1.29 is 33.3 Å². The quantitative estimate of drug-likeness (QED) is 0.443. The zero-order valence-electron chi connectivity index (χ0n) is 19.5. The van der Waals surface area contributed by atoms with Crippen molar-refractivity contribution in [2.24, 2.45) is 5.92 Å². The Hall–Kier alpha value is -3.75. The van der Waals surface area contributed by atoms with Crippen LogP contribution in [0.1, 0.15) is 30.1 Å². The van der Waals surface area contributed by atoms with Gasteiger partial charge in [0.25, 0.3) is 11.8 Å². The van der Waals surface area contributed by atoms with Crippen LogP contribution in [0.3, 0.4) is 0 Å². The minimum absolute atomic E-state index is 0.0440. The number of rotatable bonds is 9. The standard InChI is InChI=1S/C25H30N2O7/c1-3-32-25(30)34-20-10-8-19(9-11-20)24(29)26-16-18-12-14-27(15-13-18)23(28)17-33-22-7-5-4-6-21(22)31-2/h4-11,18H,3,12-17H2,1-2H3,(H,26,29). The molecule has 1 aliphatic heterocycles. The van der Waals surface area contributed by atoms with Crippen LogP contribution >= 0.6 is 0 Å². The molecule has 0 unspecified atom stereocenters. The van der Waals surface area contributed by atoms with Gasteiger partial charge in [-0.3, -0.25) is 9.59 Å². The highest BCUT2D eigenvalue weighted by Gasteiger charge is 2.24. The monoisotopic (exact) mass is 470 g/mol. The summed E-state index contributed by atoms with van der Waals surface area (Å²) >= 11 is 0. The summed E-state index contributed by atoms with van der Waals surface area (Å²) in [5.41, 5.74) is 0.470. The number of hydrogen-bond donors (Lipinski definition) is 1. The van der Waals surface area contributed by atoms with E-state index in [4.69, 9.17) is 18.9 Å². The van der Waals surface area contributed by atoms with E-state index in [1.54, 1.807) is 55.3 Å². The maximum absolute atomic E-state index is 12.5. The molecule has 9 heteroatoms. The van der Waals surface area contributed by atoms with E-state index in [1.807, 2.05) is 12.1 Å². The molecule has 1 saturated heterocycles. The molecule has 1 heterocycles. The van der Waals surface area contributed by atoms with Crippen LogP contribution in [-0.4, -0.2) is 62.8 Å².